The van der Waals surface area contributed by atoms with Crippen LogP contribution in [0.25, 0.3) is 0 Å². The van der Waals surface area contributed by atoms with Gasteiger partial charge in [-0.1, -0.05) is 29.7 Å². The highest BCUT2D eigenvalue weighted by Crippen LogP contribution is 2.29. The zero-order valence-corrected chi connectivity index (χ0v) is 10.5. The normalized spacial score (nSPS) is 18.7. The highest BCUT2D eigenvalue weighted by Gasteiger charge is 2.34. The molecule has 0 aromatic heterocycles. The first-order valence-electron chi connectivity index (χ1n) is 5.70. The Hall–Kier alpha value is -2.28. The summed E-state index contributed by atoms with van der Waals surface area (Å²) < 4.78 is 0. The minimum atomic E-state index is -0.365. The van der Waals surface area contributed by atoms with Gasteiger partial charge >= 0.3 is 6.03 Å². The van der Waals surface area contributed by atoms with Crippen LogP contribution in [0, 0.1) is 26.2 Å². The second kappa shape index (κ2) is 4.53. The SMILES string of the molecule is C#CCN1C(=O)N=C(N)C1c1ccc(C)cc1C. The molecule has 1 aromatic rings. The molecule has 0 fully saturated rings. The van der Waals surface area contributed by atoms with E-state index in [9.17, 15) is 4.79 Å². The van der Waals surface area contributed by atoms with Crippen molar-refractivity contribution in [2.45, 2.75) is 19.9 Å². The molecule has 1 aliphatic heterocycles. The van der Waals surface area contributed by atoms with Crippen molar-refractivity contribution in [1.82, 2.24) is 4.90 Å². The maximum atomic E-state index is 11.7. The van der Waals surface area contributed by atoms with Gasteiger partial charge in [-0.15, -0.1) is 6.42 Å². The quantitative estimate of drug-likeness (QED) is 0.802. The average molecular weight is 241 g/mol. The molecule has 0 saturated carbocycles. The molecule has 0 spiro atoms. The summed E-state index contributed by atoms with van der Waals surface area (Å²) in [5, 5.41) is 0. The summed E-state index contributed by atoms with van der Waals surface area (Å²) in [6.07, 6.45) is 5.28. The molecule has 2 rings (SSSR count). The standard InChI is InChI=1S/C14H15N3O/c1-4-7-17-12(13(15)16-14(17)18)11-6-5-9(2)8-10(11)3/h1,5-6,8,12H,7H2,2-3H3,(H2,15,16,18). The number of amides is 2. The van der Waals surface area contributed by atoms with Crippen molar-refractivity contribution in [3.05, 3.63) is 34.9 Å². The van der Waals surface area contributed by atoms with E-state index in [-0.39, 0.29) is 18.6 Å². The monoisotopic (exact) mass is 241 g/mol. The van der Waals surface area contributed by atoms with Gasteiger partial charge in [0.2, 0.25) is 0 Å². The molecule has 4 heteroatoms. The van der Waals surface area contributed by atoms with Crippen LogP contribution in [0.1, 0.15) is 22.7 Å². The number of carbonyl (C=O) groups excluding carboxylic acids is 1. The molecule has 0 aliphatic carbocycles. The highest BCUT2D eigenvalue weighted by atomic mass is 16.2. The van der Waals surface area contributed by atoms with Gasteiger partial charge < -0.3 is 5.73 Å². The van der Waals surface area contributed by atoms with Crippen LogP contribution in [-0.2, 0) is 0 Å². The Bertz CT molecular complexity index is 569. The lowest BCUT2D eigenvalue weighted by Crippen LogP contribution is -2.34. The first-order valence-corrected chi connectivity index (χ1v) is 5.70. The minimum absolute atomic E-state index is 0.209. The Labute approximate surface area is 107 Å². The van der Waals surface area contributed by atoms with Crippen molar-refractivity contribution >= 4 is 11.9 Å². The third kappa shape index (κ3) is 1.95. The van der Waals surface area contributed by atoms with E-state index in [2.05, 4.69) is 17.0 Å². The number of hydrogen-bond donors (Lipinski definition) is 1. The highest BCUT2D eigenvalue weighted by molar-refractivity contribution is 6.03. The van der Waals surface area contributed by atoms with E-state index >= 15 is 0 Å². The third-order valence-electron chi connectivity index (χ3n) is 3.04. The van der Waals surface area contributed by atoms with Crippen molar-refractivity contribution in [1.29, 1.82) is 0 Å². The molecular weight excluding hydrogens is 226 g/mol. The molecule has 4 nitrogen and oxygen atoms in total. The van der Waals surface area contributed by atoms with Gasteiger partial charge in [-0.05, 0) is 25.0 Å². The summed E-state index contributed by atoms with van der Waals surface area (Å²) in [5.41, 5.74) is 9.07. The van der Waals surface area contributed by atoms with Crippen LogP contribution in [-0.4, -0.2) is 23.3 Å². The lowest BCUT2D eigenvalue weighted by molar-refractivity contribution is 0.213. The van der Waals surface area contributed by atoms with Gasteiger partial charge in [0.25, 0.3) is 0 Å². The summed E-state index contributed by atoms with van der Waals surface area (Å²) in [5.74, 6) is 2.77. The van der Waals surface area contributed by atoms with Gasteiger partial charge in [0, 0.05) is 0 Å². The van der Waals surface area contributed by atoms with Gasteiger partial charge in [0.05, 0.1) is 6.54 Å². The van der Waals surface area contributed by atoms with E-state index in [4.69, 9.17) is 12.2 Å². The van der Waals surface area contributed by atoms with Crippen LogP contribution in [0.3, 0.4) is 0 Å². The maximum Gasteiger partial charge on any atom is 0.346 e. The topological polar surface area (TPSA) is 58.7 Å². The van der Waals surface area contributed by atoms with Gasteiger partial charge in [-0.25, -0.2) is 4.79 Å². The molecule has 2 amide bonds. The summed E-state index contributed by atoms with van der Waals surface area (Å²) in [6, 6.07) is 5.32. The lowest BCUT2D eigenvalue weighted by Gasteiger charge is -2.24. The number of urea groups is 1. The molecule has 1 unspecified atom stereocenters. The first-order chi connectivity index (χ1) is 8.54. The first kappa shape index (κ1) is 12.2. The van der Waals surface area contributed by atoms with Crippen LogP contribution >= 0.6 is 0 Å². The number of amidine groups is 1. The predicted octanol–water partition coefficient (Wildman–Crippen LogP) is 1.77. The van der Waals surface area contributed by atoms with Crippen molar-refractivity contribution in [3.8, 4) is 12.3 Å². The molecule has 92 valence electrons. The number of aryl methyl sites for hydroxylation is 2. The fraction of sp³-hybridized carbons (Fsp3) is 0.286. The van der Waals surface area contributed by atoms with Gasteiger partial charge in [0.1, 0.15) is 11.9 Å². The minimum Gasteiger partial charge on any atom is -0.385 e. The largest absolute Gasteiger partial charge is 0.385 e. The van der Waals surface area contributed by atoms with E-state index in [0.29, 0.717) is 5.84 Å². The smallest absolute Gasteiger partial charge is 0.346 e. The van der Waals surface area contributed by atoms with Crippen LogP contribution in [0.4, 0.5) is 4.79 Å². The van der Waals surface area contributed by atoms with Crippen LogP contribution < -0.4 is 5.73 Å². The molecule has 1 atom stereocenters. The molecule has 2 N–H and O–H groups in total. The number of nitrogens with two attached hydrogens (primary N) is 1. The van der Waals surface area contributed by atoms with Crippen molar-refractivity contribution in [3.63, 3.8) is 0 Å². The molecule has 1 aliphatic rings. The Morgan fingerprint density at radius 2 is 2.22 bits per heavy atom. The number of rotatable bonds is 2. The van der Waals surface area contributed by atoms with E-state index in [1.807, 2.05) is 26.0 Å². The number of terminal acetylenes is 1. The summed E-state index contributed by atoms with van der Waals surface area (Å²) >= 11 is 0. The van der Waals surface area contributed by atoms with E-state index in [1.165, 1.54) is 10.5 Å². The third-order valence-corrected chi connectivity index (χ3v) is 3.04. The number of carbonyl (C=O) groups is 1. The molecule has 18 heavy (non-hydrogen) atoms. The Balaban J connectivity index is 2.45. The fourth-order valence-electron chi connectivity index (χ4n) is 2.22. The number of hydrogen-bond acceptors (Lipinski definition) is 2. The average Bonchev–Trinajstić information content (AvgIpc) is 2.56. The predicted molar refractivity (Wildman–Crippen MR) is 71.2 cm³/mol. The molecule has 0 radical (unpaired) electrons. The molecule has 1 heterocycles. The van der Waals surface area contributed by atoms with Crippen molar-refractivity contribution in [2.24, 2.45) is 10.7 Å². The van der Waals surface area contributed by atoms with Gasteiger partial charge in [-0.3, -0.25) is 4.90 Å². The summed E-state index contributed by atoms with van der Waals surface area (Å²) in [7, 11) is 0. The van der Waals surface area contributed by atoms with Crippen molar-refractivity contribution in [2.75, 3.05) is 6.54 Å². The van der Waals surface area contributed by atoms with Crippen LogP contribution in [0.15, 0.2) is 23.2 Å². The fourth-order valence-corrected chi connectivity index (χ4v) is 2.22. The molecular formula is C14H15N3O. The Morgan fingerprint density at radius 3 is 2.83 bits per heavy atom. The number of nitrogens with zero attached hydrogens (tertiary/aromatic N) is 2. The summed E-state index contributed by atoms with van der Waals surface area (Å²) in [4.78, 5) is 17.0. The van der Waals surface area contributed by atoms with Crippen LogP contribution in [0.2, 0.25) is 0 Å². The van der Waals surface area contributed by atoms with E-state index < -0.39 is 0 Å². The van der Waals surface area contributed by atoms with Crippen LogP contribution in [0.5, 0.6) is 0 Å². The van der Waals surface area contributed by atoms with Gasteiger partial charge in [0.15, 0.2) is 0 Å². The van der Waals surface area contributed by atoms with E-state index in [0.717, 1.165) is 11.1 Å². The summed E-state index contributed by atoms with van der Waals surface area (Å²) in [6.45, 7) is 4.22. The zero-order chi connectivity index (χ0) is 13.3. The second-order valence-corrected chi connectivity index (χ2v) is 4.41. The number of benzene rings is 1. The molecule has 0 bridgehead atoms. The zero-order valence-electron chi connectivity index (χ0n) is 10.5. The molecule has 1 aromatic carbocycles. The Morgan fingerprint density at radius 1 is 1.50 bits per heavy atom. The lowest BCUT2D eigenvalue weighted by atomic mass is 9.98. The number of aliphatic imine (C=N–C) groups is 1. The van der Waals surface area contributed by atoms with E-state index in [1.54, 1.807) is 0 Å². The van der Waals surface area contributed by atoms with Crippen molar-refractivity contribution < 1.29 is 4.79 Å². The second-order valence-electron chi connectivity index (χ2n) is 4.41. The molecule has 0 saturated heterocycles. The maximum absolute atomic E-state index is 11.7. The van der Waals surface area contributed by atoms with Gasteiger partial charge in [-0.2, -0.15) is 4.99 Å². The Kier molecular flexibility index (Phi) is 3.07.